The first-order chi connectivity index (χ1) is 19.6. The van der Waals surface area contributed by atoms with Crippen LogP contribution in [0.1, 0.15) is 24.8 Å². The molecule has 0 saturated carbocycles. The normalized spacial score (nSPS) is 34.8. The molecule has 1 aromatic rings. The third kappa shape index (κ3) is 7.47. The average Bonchev–Trinajstić information content (AvgIpc) is 3.23. The first-order valence-corrected chi connectivity index (χ1v) is 13.2. The highest BCUT2D eigenvalue weighted by molar-refractivity contribution is 5.91. The molecule has 4 rings (SSSR count). The van der Waals surface area contributed by atoms with Crippen LogP contribution < -0.4 is 0 Å². The molecule has 1 aliphatic carbocycles. The van der Waals surface area contributed by atoms with Gasteiger partial charge in [-0.2, -0.15) is 0 Å². The molecule has 2 saturated heterocycles. The number of aldehydes is 1. The number of allylic oxidation sites excluding steroid dienone is 1. The molecule has 0 aromatic heterocycles. The molecule has 2 aliphatic heterocycles. The van der Waals surface area contributed by atoms with Gasteiger partial charge in [-0.3, -0.25) is 9.59 Å². The highest BCUT2D eigenvalue weighted by Gasteiger charge is 2.45. The predicted octanol–water partition coefficient (Wildman–Crippen LogP) is -0.00360. The number of hydrogen-bond acceptors (Lipinski definition) is 12. The zero-order chi connectivity index (χ0) is 29.7. The highest BCUT2D eigenvalue weighted by Crippen LogP contribution is 2.35. The number of hydrogen-bond donors (Lipinski definition) is 5. The number of ether oxygens (including phenoxy) is 4. The van der Waals surface area contributed by atoms with Crippen LogP contribution in [0.2, 0.25) is 0 Å². The summed E-state index contributed by atoms with van der Waals surface area (Å²) in [4.78, 5) is 35.9. The number of carbonyl (C=O) groups excluding carboxylic acids is 3. The molecule has 8 atom stereocenters. The molecule has 0 spiro atoms. The van der Waals surface area contributed by atoms with E-state index in [2.05, 4.69) is 6.58 Å². The average molecular weight is 575 g/mol. The quantitative estimate of drug-likeness (QED) is 0.121. The fraction of sp³-hybridized carbons (Fsp3) is 0.483. The van der Waals surface area contributed by atoms with Gasteiger partial charge in [0.05, 0.1) is 25.0 Å². The lowest BCUT2D eigenvalue weighted by atomic mass is 9.85. The van der Waals surface area contributed by atoms with Gasteiger partial charge in [0.15, 0.2) is 6.29 Å². The second-order valence-corrected chi connectivity index (χ2v) is 10.3. The van der Waals surface area contributed by atoms with Crippen LogP contribution in [0.25, 0.3) is 0 Å². The minimum Gasteiger partial charge on any atom is -0.508 e. The summed E-state index contributed by atoms with van der Waals surface area (Å²) in [7, 11) is 0. The number of aliphatic hydroxyl groups excluding tert-OH is 4. The Bertz CT molecular complexity index is 1190. The summed E-state index contributed by atoms with van der Waals surface area (Å²) in [5, 5.41) is 51.3. The number of carbonyl (C=O) groups is 3. The number of rotatable bonds is 8. The summed E-state index contributed by atoms with van der Waals surface area (Å²) >= 11 is 0. The van der Waals surface area contributed by atoms with E-state index in [0.29, 0.717) is 35.8 Å². The Morgan fingerprint density at radius 3 is 2.54 bits per heavy atom. The number of phenols is 1. The standard InChI is InChI=1S/C29H34O12/c1-15-24-20(32)9-17(12-30)3-2-4-18(10-21(24)40-28(15)37)13-39-29-27(36)26(35)25(34)22(41-29)14-38-23(33)11-16-5-7-19(31)8-6-16/h3,5-8,10,12,20-22,24-27,29,31-32,34-36H,1-2,4,9,11,13-14H2/b17-3+,18-10-/t20-,21+,22+,24+,25+,26-,27+,29+/m0/s1. The second-order valence-electron chi connectivity index (χ2n) is 10.3. The van der Waals surface area contributed by atoms with Crippen LogP contribution in [0.3, 0.4) is 0 Å². The second kappa shape index (κ2) is 13.5. The van der Waals surface area contributed by atoms with Crippen molar-refractivity contribution < 1.29 is 58.9 Å². The molecule has 2 fully saturated rings. The molecule has 12 heteroatoms. The zero-order valence-electron chi connectivity index (χ0n) is 22.2. The molecule has 0 bridgehead atoms. The van der Waals surface area contributed by atoms with Crippen LogP contribution in [0.4, 0.5) is 0 Å². The maximum atomic E-state index is 12.3. The van der Waals surface area contributed by atoms with Crippen molar-refractivity contribution in [2.24, 2.45) is 5.92 Å². The monoisotopic (exact) mass is 574 g/mol. The molecule has 1 aromatic carbocycles. The molecule has 5 N–H and O–H groups in total. The number of fused-ring (bicyclic) bond motifs is 1. The number of aromatic hydroxyl groups is 1. The topological polar surface area (TPSA) is 189 Å². The summed E-state index contributed by atoms with van der Waals surface area (Å²) in [6.07, 6.45) is -4.71. The van der Waals surface area contributed by atoms with E-state index in [-0.39, 0.29) is 30.8 Å². The zero-order valence-corrected chi connectivity index (χ0v) is 22.2. The molecule has 2 heterocycles. The Kier molecular flexibility index (Phi) is 10.1. The van der Waals surface area contributed by atoms with Crippen molar-refractivity contribution >= 4 is 18.2 Å². The number of aliphatic hydroxyl groups is 4. The van der Waals surface area contributed by atoms with Gasteiger partial charge >= 0.3 is 11.9 Å². The fourth-order valence-electron chi connectivity index (χ4n) is 5.01. The van der Waals surface area contributed by atoms with E-state index in [0.717, 1.165) is 0 Å². The summed E-state index contributed by atoms with van der Waals surface area (Å²) in [6.45, 7) is 3.15. The van der Waals surface area contributed by atoms with Crippen LogP contribution in [-0.2, 0) is 39.8 Å². The van der Waals surface area contributed by atoms with Gasteiger partial charge in [-0.1, -0.05) is 24.8 Å². The maximum Gasteiger partial charge on any atom is 0.334 e. The van der Waals surface area contributed by atoms with Crippen molar-refractivity contribution in [3.05, 3.63) is 65.3 Å². The minimum atomic E-state index is -1.66. The van der Waals surface area contributed by atoms with Gasteiger partial charge in [0.1, 0.15) is 49.2 Å². The van der Waals surface area contributed by atoms with Gasteiger partial charge in [0, 0.05) is 12.0 Å². The SMILES string of the molecule is C=C1C(=O)O[C@@H]2/C=C(\CO[C@@H]3O[C@H](COC(=O)Cc4ccc(O)cc4)[C@@H](O)[C@H](O)[C@H]3O)CC/C=C(/C=O)C[C@H](O)[C@@H]12. The smallest absolute Gasteiger partial charge is 0.334 e. The molecule has 0 amide bonds. The van der Waals surface area contributed by atoms with E-state index >= 15 is 0 Å². The Morgan fingerprint density at radius 2 is 1.83 bits per heavy atom. The van der Waals surface area contributed by atoms with E-state index in [4.69, 9.17) is 18.9 Å². The van der Waals surface area contributed by atoms with Crippen LogP contribution in [0, 0.1) is 5.92 Å². The Hall–Kier alpha value is -3.39. The maximum absolute atomic E-state index is 12.3. The van der Waals surface area contributed by atoms with Crippen LogP contribution in [0.5, 0.6) is 5.75 Å². The largest absolute Gasteiger partial charge is 0.508 e. The van der Waals surface area contributed by atoms with Crippen LogP contribution >= 0.6 is 0 Å². The lowest BCUT2D eigenvalue weighted by Crippen LogP contribution is -2.59. The van der Waals surface area contributed by atoms with Gasteiger partial charge in [0.2, 0.25) is 0 Å². The van der Waals surface area contributed by atoms with E-state index in [1.807, 2.05) is 0 Å². The highest BCUT2D eigenvalue weighted by atomic mass is 16.7. The first-order valence-electron chi connectivity index (χ1n) is 13.2. The van der Waals surface area contributed by atoms with Crippen molar-refractivity contribution in [1.82, 2.24) is 0 Å². The molecule has 12 nitrogen and oxygen atoms in total. The van der Waals surface area contributed by atoms with E-state index in [1.165, 1.54) is 12.1 Å². The summed E-state index contributed by atoms with van der Waals surface area (Å²) < 4.78 is 22.0. The minimum absolute atomic E-state index is 0.0449. The van der Waals surface area contributed by atoms with Crippen LogP contribution in [0.15, 0.2) is 59.7 Å². The van der Waals surface area contributed by atoms with Gasteiger partial charge in [-0.15, -0.1) is 0 Å². The number of phenolic OH excluding ortho intramolecular Hbond substituents is 1. The number of benzene rings is 1. The molecule has 0 unspecified atom stereocenters. The lowest BCUT2D eigenvalue weighted by Gasteiger charge is -2.40. The molecule has 3 aliphatic rings. The molecular weight excluding hydrogens is 540 g/mol. The van der Waals surface area contributed by atoms with E-state index < -0.39 is 67.4 Å². The van der Waals surface area contributed by atoms with Gasteiger partial charge in [-0.05, 0) is 47.8 Å². The third-order valence-electron chi connectivity index (χ3n) is 7.34. The number of esters is 2. The van der Waals surface area contributed by atoms with Crippen molar-refractivity contribution in [3.8, 4) is 5.75 Å². The van der Waals surface area contributed by atoms with Gasteiger partial charge < -0.3 is 44.5 Å². The molecule has 0 radical (unpaired) electrons. The fourth-order valence-corrected chi connectivity index (χ4v) is 5.01. The Labute approximate surface area is 236 Å². The van der Waals surface area contributed by atoms with Crippen molar-refractivity contribution in [3.63, 3.8) is 0 Å². The van der Waals surface area contributed by atoms with Crippen molar-refractivity contribution in [1.29, 1.82) is 0 Å². The lowest BCUT2D eigenvalue weighted by molar-refractivity contribution is -0.299. The predicted molar refractivity (Wildman–Crippen MR) is 140 cm³/mol. The molecular formula is C29H34O12. The summed E-state index contributed by atoms with van der Waals surface area (Å²) in [5.41, 5.74) is 1.66. The van der Waals surface area contributed by atoms with E-state index in [1.54, 1.807) is 24.3 Å². The van der Waals surface area contributed by atoms with Crippen molar-refractivity contribution in [2.75, 3.05) is 13.2 Å². The summed E-state index contributed by atoms with van der Waals surface area (Å²) in [5.74, 6) is -2.01. The van der Waals surface area contributed by atoms with Crippen LogP contribution in [-0.4, -0.2) is 99.9 Å². The summed E-state index contributed by atoms with van der Waals surface area (Å²) in [6, 6.07) is 5.97. The third-order valence-corrected chi connectivity index (χ3v) is 7.34. The van der Waals surface area contributed by atoms with Gasteiger partial charge in [-0.25, -0.2) is 4.79 Å². The van der Waals surface area contributed by atoms with Crippen molar-refractivity contribution in [2.45, 2.75) is 68.6 Å². The Morgan fingerprint density at radius 1 is 1.10 bits per heavy atom. The molecule has 41 heavy (non-hydrogen) atoms. The van der Waals surface area contributed by atoms with Gasteiger partial charge in [0.25, 0.3) is 0 Å². The first kappa shape index (κ1) is 30.6. The van der Waals surface area contributed by atoms with E-state index in [9.17, 15) is 39.9 Å². The molecule has 222 valence electrons. The Balaban J connectivity index is 1.40.